The molecule has 1 aliphatic rings. The van der Waals surface area contributed by atoms with Gasteiger partial charge in [-0.2, -0.15) is 0 Å². The van der Waals surface area contributed by atoms with E-state index in [9.17, 15) is 9.59 Å². The number of rotatable bonds is 3. The fourth-order valence-electron chi connectivity index (χ4n) is 2.56. The van der Waals surface area contributed by atoms with Crippen LogP contribution < -0.4 is 5.32 Å². The van der Waals surface area contributed by atoms with E-state index in [1.807, 2.05) is 26.0 Å². The van der Waals surface area contributed by atoms with E-state index in [0.29, 0.717) is 11.6 Å². The topological polar surface area (TPSA) is 49.4 Å². The van der Waals surface area contributed by atoms with Crippen LogP contribution in [0.2, 0.25) is 5.02 Å². The number of benzene rings is 1. The van der Waals surface area contributed by atoms with Gasteiger partial charge in [0, 0.05) is 16.0 Å². The molecule has 1 N–H and O–H groups in total. The van der Waals surface area contributed by atoms with Gasteiger partial charge in [-0.25, -0.2) is 0 Å². The molecule has 1 aliphatic heterocycles. The van der Waals surface area contributed by atoms with E-state index in [4.69, 9.17) is 11.6 Å². The minimum Gasteiger partial charge on any atom is -0.343 e. The molecule has 1 heterocycles. The van der Waals surface area contributed by atoms with E-state index in [1.165, 1.54) is 0 Å². The molecular weight excluding hydrogens is 356 g/mol. The average Bonchev–Trinajstić information content (AvgIpc) is 2.38. The Kier molecular flexibility index (Phi) is 4.94. The van der Waals surface area contributed by atoms with E-state index >= 15 is 0 Å². The Morgan fingerprint density at radius 2 is 2.05 bits per heavy atom. The second kappa shape index (κ2) is 6.36. The Hall–Kier alpha value is -1.07. The number of carbonyl (C=O) groups excluding carboxylic acids is 2. The highest BCUT2D eigenvalue weighted by molar-refractivity contribution is 9.10. The van der Waals surface area contributed by atoms with E-state index in [2.05, 4.69) is 21.2 Å². The van der Waals surface area contributed by atoms with Crippen molar-refractivity contribution >= 4 is 39.3 Å². The minimum absolute atomic E-state index is 0.0377. The van der Waals surface area contributed by atoms with Gasteiger partial charge in [0.2, 0.25) is 11.8 Å². The van der Waals surface area contributed by atoms with Crippen LogP contribution in [0.3, 0.4) is 0 Å². The number of amides is 2. The summed E-state index contributed by atoms with van der Waals surface area (Å²) in [6.45, 7) is 5.91. The Morgan fingerprint density at radius 3 is 2.62 bits per heavy atom. The number of piperazine rings is 1. The number of hydrogen-bond acceptors (Lipinski definition) is 2. The van der Waals surface area contributed by atoms with Crippen molar-refractivity contribution < 1.29 is 9.59 Å². The van der Waals surface area contributed by atoms with Crippen molar-refractivity contribution in [2.24, 2.45) is 5.92 Å². The molecule has 4 nitrogen and oxygen atoms in total. The van der Waals surface area contributed by atoms with Crippen LogP contribution in [0, 0.1) is 5.92 Å². The maximum absolute atomic E-state index is 12.4. The summed E-state index contributed by atoms with van der Waals surface area (Å²) in [6, 6.07) is 4.58. The van der Waals surface area contributed by atoms with Gasteiger partial charge in [0.1, 0.15) is 12.1 Å². The Labute approximate surface area is 138 Å². The summed E-state index contributed by atoms with van der Waals surface area (Å²) >= 11 is 9.59. The minimum atomic E-state index is -0.498. The van der Waals surface area contributed by atoms with Gasteiger partial charge in [-0.3, -0.25) is 9.59 Å². The van der Waals surface area contributed by atoms with Crippen LogP contribution in [-0.4, -0.2) is 28.8 Å². The van der Waals surface area contributed by atoms with Gasteiger partial charge in [0.05, 0.1) is 0 Å². The smallest absolute Gasteiger partial charge is 0.245 e. The fraction of sp³-hybridized carbons (Fsp3) is 0.467. The standard InChI is InChI=1S/C15H18BrClN2O2/c1-8(2)13-14(20)18-9(3)15(21)19(13)7-10-4-5-11(16)6-12(10)17/h4-6,8-9,13H,7H2,1-3H3,(H,18,20). The lowest BCUT2D eigenvalue weighted by molar-refractivity contribution is -0.151. The lowest BCUT2D eigenvalue weighted by Crippen LogP contribution is -2.63. The molecule has 6 heteroatoms. The van der Waals surface area contributed by atoms with Crippen molar-refractivity contribution in [1.82, 2.24) is 10.2 Å². The molecule has 21 heavy (non-hydrogen) atoms. The fourth-order valence-corrected chi connectivity index (χ4v) is 3.29. The monoisotopic (exact) mass is 372 g/mol. The summed E-state index contributed by atoms with van der Waals surface area (Å²) in [5, 5.41) is 3.31. The third-order valence-electron chi connectivity index (χ3n) is 3.60. The lowest BCUT2D eigenvalue weighted by Gasteiger charge is -2.40. The van der Waals surface area contributed by atoms with Gasteiger partial charge >= 0.3 is 0 Å². The molecular formula is C15H18BrClN2O2. The zero-order chi connectivity index (χ0) is 15.7. The molecule has 2 unspecified atom stereocenters. The second-order valence-electron chi connectivity index (χ2n) is 5.62. The second-order valence-corrected chi connectivity index (χ2v) is 6.94. The van der Waals surface area contributed by atoms with E-state index in [0.717, 1.165) is 10.0 Å². The zero-order valence-corrected chi connectivity index (χ0v) is 14.5. The van der Waals surface area contributed by atoms with Crippen LogP contribution in [0.1, 0.15) is 26.3 Å². The first-order valence-corrected chi connectivity index (χ1v) is 8.03. The number of halogens is 2. The van der Waals surface area contributed by atoms with Crippen molar-refractivity contribution in [3.63, 3.8) is 0 Å². The molecule has 1 aromatic rings. The Balaban J connectivity index is 2.32. The van der Waals surface area contributed by atoms with Crippen molar-refractivity contribution in [2.75, 3.05) is 0 Å². The third-order valence-corrected chi connectivity index (χ3v) is 4.45. The maximum Gasteiger partial charge on any atom is 0.245 e. The van der Waals surface area contributed by atoms with Crippen LogP contribution in [0.4, 0.5) is 0 Å². The number of carbonyl (C=O) groups is 2. The van der Waals surface area contributed by atoms with Gasteiger partial charge in [-0.1, -0.05) is 47.4 Å². The molecule has 1 fully saturated rings. The molecule has 2 rings (SSSR count). The first-order valence-electron chi connectivity index (χ1n) is 6.86. The van der Waals surface area contributed by atoms with Crippen molar-refractivity contribution in [2.45, 2.75) is 39.4 Å². The molecule has 0 saturated carbocycles. The van der Waals surface area contributed by atoms with Crippen molar-refractivity contribution in [3.8, 4) is 0 Å². The number of nitrogens with zero attached hydrogens (tertiary/aromatic N) is 1. The Bertz CT molecular complexity index is 577. The van der Waals surface area contributed by atoms with E-state index < -0.39 is 12.1 Å². The normalized spacial score (nSPS) is 22.7. The van der Waals surface area contributed by atoms with Gasteiger partial charge in [0.25, 0.3) is 0 Å². The predicted molar refractivity (Wildman–Crippen MR) is 85.9 cm³/mol. The summed E-state index contributed by atoms with van der Waals surface area (Å²) < 4.78 is 0.882. The molecule has 114 valence electrons. The average molecular weight is 374 g/mol. The van der Waals surface area contributed by atoms with Gasteiger partial charge in [-0.05, 0) is 30.5 Å². The van der Waals surface area contributed by atoms with Crippen molar-refractivity contribution in [1.29, 1.82) is 0 Å². The van der Waals surface area contributed by atoms with Crippen LogP contribution >= 0.6 is 27.5 Å². The first-order chi connectivity index (χ1) is 9.81. The summed E-state index contributed by atoms with van der Waals surface area (Å²) in [7, 11) is 0. The lowest BCUT2D eigenvalue weighted by atomic mass is 9.96. The summed E-state index contributed by atoms with van der Waals surface area (Å²) in [5.74, 6) is -0.145. The van der Waals surface area contributed by atoms with E-state index in [-0.39, 0.29) is 17.7 Å². The Morgan fingerprint density at radius 1 is 1.38 bits per heavy atom. The molecule has 0 spiro atoms. The summed E-state index contributed by atoms with van der Waals surface area (Å²) in [4.78, 5) is 26.2. The molecule has 0 radical (unpaired) electrons. The van der Waals surface area contributed by atoms with Crippen LogP contribution in [-0.2, 0) is 16.1 Å². The summed E-state index contributed by atoms with van der Waals surface area (Å²) in [6.07, 6.45) is 0. The first kappa shape index (κ1) is 16.3. The van der Waals surface area contributed by atoms with Crippen LogP contribution in [0.5, 0.6) is 0 Å². The largest absolute Gasteiger partial charge is 0.343 e. The van der Waals surface area contributed by atoms with Gasteiger partial charge in [0.15, 0.2) is 0 Å². The molecule has 2 atom stereocenters. The maximum atomic E-state index is 12.4. The zero-order valence-electron chi connectivity index (χ0n) is 12.2. The highest BCUT2D eigenvalue weighted by Gasteiger charge is 2.40. The van der Waals surface area contributed by atoms with E-state index in [1.54, 1.807) is 17.9 Å². The van der Waals surface area contributed by atoms with Gasteiger partial charge in [-0.15, -0.1) is 0 Å². The summed E-state index contributed by atoms with van der Waals surface area (Å²) in [5.41, 5.74) is 0.834. The molecule has 1 saturated heterocycles. The molecule has 1 aromatic carbocycles. The highest BCUT2D eigenvalue weighted by Crippen LogP contribution is 2.26. The SMILES string of the molecule is CC1NC(=O)C(C(C)C)N(Cc2ccc(Br)cc2Cl)C1=O. The number of hydrogen-bond donors (Lipinski definition) is 1. The predicted octanol–water partition coefficient (Wildman–Crippen LogP) is 2.97. The quantitative estimate of drug-likeness (QED) is 0.885. The molecule has 0 aromatic heterocycles. The third kappa shape index (κ3) is 3.40. The highest BCUT2D eigenvalue weighted by atomic mass is 79.9. The molecule has 0 aliphatic carbocycles. The van der Waals surface area contributed by atoms with Crippen LogP contribution in [0.15, 0.2) is 22.7 Å². The van der Waals surface area contributed by atoms with Gasteiger partial charge < -0.3 is 10.2 Å². The van der Waals surface area contributed by atoms with Crippen LogP contribution in [0.25, 0.3) is 0 Å². The molecule has 2 amide bonds. The van der Waals surface area contributed by atoms with Crippen molar-refractivity contribution in [3.05, 3.63) is 33.3 Å². The molecule has 0 bridgehead atoms. The number of nitrogens with one attached hydrogen (secondary N) is 1.